The molecule has 1 unspecified atom stereocenters. The highest BCUT2D eigenvalue weighted by Crippen LogP contribution is 2.35. The molecule has 0 saturated heterocycles. The highest BCUT2D eigenvalue weighted by molar-refractivity contribution is 7.98. The van der Waals surface area contributed by atoms with Gasteiger partial charge < -0.3 is 5.32 Å². The van der Waals surface area contributed by atoms with E-state index in [1.54, 1.807) is 18.0 Å². The van der Waals surface area contributed by atoms with Gasteiger partial charge in [0, 0.05) is 29.7 Å². The lowest BCUT2D eigenvalue weighted by atomic mass is 9.88. The number of rotatable bonds is 7. The fourth-order valence-electron chi connectivity index (χ4n) is 3.84. The third kappa shape index (κ3) is 4.70. The molecule has 1 amide bonds. The van der Waals surface area contributed by atoms with E-state index >= 15 is 0 Å². The van der Waals surface area contributed by atoms with E-state index in [4.69, 9.17) is 0 Å². The van der Waals surface area contributed by atoms with Gasteiger partial charge in [0.2, 0.25) is 5.91 Å². The molecule has 29 heavy (non-hydrogen) atoms. The number of carbonyl (C=O) groups is 1. The van der Waals surface area contributed by atoms with Crippen molar-refractivity contribution in [2.45, 2.75) is 44.4 Å². The van der Waals surface area contributed by atoms with Crippen LogP contribution in [0.4, 0.5) is 5.82 Å². The second-order valence-corrected chi connectivity index (χ2v) is 8.50. The smallest absolute Gasteiger partial charge is 0.226 e. The first-order chi connectivity index (χ1) is 14.2. The van der Waals surface area contributed by atoms with E-state index < -0.39 is 0 Å². The summed E-state index contributed by atoms with van der Waals surface area (Å²) >= 11 is 1.73. The van der Waals surface area contributed by atoms with Crippen LogP contribution in [0, 0.1) is 6.92 Å². The lowest BCUT2D eigenvalue weighted by Crippen LogP contribution is -2.22. The molecule has 0 fully saturated rings. The molecule has 1 N–H and O–H groups in total. The van der Waals surface area contributed by atoms with Crippen LogP contribution in [0.2, 0.25) is 0 Å². The van der Waals surface area contributed by atoms with Gasteiger partial charge in [0.15, 0.2) is 0 Å². The first-order valence-corrected chi connectivity index (χ1v) is 11.3. The van der Waals surface area contributed by atoms with E-state index in [1.807, 2.05) is 36.0 Å². The van der Waals surface area contributed by atoms with Gasteiger partial charge in [-0.2, -0.15) is 16.9 Å². The number of nitrogens with one attached hydrogen (secondary N) is 1. The van der Waals surface area contributed by atoms with Crippen LogP contribution >= 0.6 is 11.8 Å². The Bertz CT molecular complexity index is 970. The van der Waals surface area contributed by atoms with E-state index in [2.05, 4.69) is 39.7 Å². The highest BCUT2D eigenvalue weighted by atomic mass is 32.2. The molecule has 0 spiro atoms. The molecule has 150 valence electrons. The Hall–Kier alpha value is -2.60. The zero-order valence-electron chi connectivity index (χ0n) is 16.7. The molecule has 1 aliphatic rings. The second-order valence-electron chi connectivity index (χ2n) is 7.40. The summed E-state index contributed by atoms with van der Waals surface area (Å²) in [6.07, 6.45) is 7.42. The van der Waals surface area contributed by atoms with Crippen LogP contribution in [0.1, 0.15) is 47.7 Å². The van der Waals surface area contributed by atoms with Gasteiger partial charge in [-0.25, -0.2) is 4.68 Å². The zero-order valence-corrected chi connectivity index (χ0v) is 17.5. The van der Waals surface area contributed by atoms with Crippen molar-refractivity contribution < 1.29 is 4.79 Å². The van der Waals surface area contributed by atoms with Crippen molar-refractivity contribution in [3.05, 3.63) is 77.2 Å². The fraction of sp³-hybridized carbons (Fsp3) is 0.348. The summed E-state index contributed by atoms with van der Waals surface area (Å²) in [5.41, 5.74) is 4.76. The topological polar surface area (TPSA) is 59.8 Å². The first kappa shape index (κ1) is 19.7. The number of nitrogens with zero attached hydrogens (tertiary/aromatic N) is 3. The molecule has 6 heteroatoms. The van der Waals surface area contributed by atoms with Crippen molar-refractivity contribution >= 4 is 23.5 Å². The van der Waals surface area contributed by atoms with Gasteiger partial charge in [-0.05, 0) is 49.4 Å². The monoisotopic (exact) mass is 406 g/mol. The third-order valence-corrected chi connectivity index (χ3v) is 6.31. The lowest BCUT2D eigenvalue weighted by Gasteiger charge is -2.27. The molecule has 0 bridgehead atoms. The summed E-state index contributed by atoms with van der Waals surface area (Å²) in [6, 6.07) is 14.7. The van der Waals surface area contributed by atoms with Crippen LogP contribution in [0.3, 0.4) is 0 Å². The number of fused-ring (bicyclic) bond motifs is 1. The van der Waals surface area contributed by atoms with E-state index in [0.717, 1.165) is 47.8 Å². The highest BCUT2D eigenvalue weighted by Gasteiger charge is 2.25. The Morgan fingerprint density at radius 1 is 1.24 bits per heavy atom. The molecule has 5 nitrogen and oxygen atoms in total. The van der Waals surface area contributed by atoms with E-state index in [1.165, 1.54) is 11.1 Å². The van der Waals surface area contributed by atoms with E-state index in [0.29, 0.717) is 6.42 Å². The van der Waals surface area contributed by atoms with Crippen LogP contribution in [-0.4, -0.2) is 26.4 Å². The summed E-state index contributed by atoms with van der Waals surface area (Å²) in [6.45, 7) is 2.00. The number of carbonyl (C=O) groups excluding carboxylic acids is 1. The number of benzene rings is 1. The Kier molecular flexibility index (Phi) is 6.30. The quantitative estimate of drug-likeness (QED) is 0.574. The molecular weight excluding hydrogens is 380 g/mol. The van der Waals surface area contributed by atoms with Crippen LogP contribution in [0.5, 0.6) is 0 Å². The number of pyridine rings is 1. The van der Waals surface area contributed by atoms with Crippen molar-refractivity contribution in [2.75, 3.05) is 11.1 Å². The lowest BCUT2D eigenvalue weighted by molar-refractivity contribution is -0.115. The minimum atomic E-state index is 0.0347. The molecule has 3 aromatic rings. The van der Waals surface area contributed by atoms with Crippen molar-refractivity contribution in [2.24, 2.45) is 0 Å². The van der Waals surface area contributed by atoms with Gasteiger partial charge in [0.25, 0.3) is 0 Å². The largest absolute Gasteiger partial charge is 0.311 e. The molecule has 2 aromatic heterocycles. The average molecular weight is 407 g/mol. The zero-order chi connectivity index (χ0) is 20.1. The normalized spacial score (nSPS) is 15.7. The molecule has 2 heterocycles. The number of aryl methyl sites for hydroxylation is 2. The molecule has 0 aliphatic heterocycles. The van der Waals surface area contributed by atoms with Crippen LogP contribution in [-0.2, 0) is 17.0 Å². The van der Waals surface area contributed by atoms with Gasteiger partial charge in [-0.15, -0.1) is 0 Å². The summed E-state index contributed by atoms with van der Waals surface area (Å²) in [4.78, 5) is 16.9. The standard InChI is InChI=1S/C23H26N4OS/c1-17-15-25-27(21-11-6-8-18-7-2-3-10-20(18)21)23(17)26-22(28)12-14-29-16-19-9-4-5-13-24-19/h2-5,7,9-10,13,15,21H,6,8,11-12,14,16H2,1H3,(H,26,28). The number of anilines is 1. The third-order valence-electron chi connectivity index (χ3n) is 5.32. The van der Waals surface area contributed by atoms with Gasteiger partial charge >= 0.3 is 0 Å². The predicted molar refractivity (Wildman–Crippen MR) is 118 cm³/mol. The fourth-order valence-corrected chi connectivity index (χ4v) is 4.70. The van der Waals surface area contributed by atoms with E-state index in [-0.39, 0.29) is 11.9 Å². The molecule has 0 radical (unpaired) electrons. The van der Waals surface area contributed by atoms with Crippen molar-refractivity contribution in [1.82, 2.24) is 14.8 Å². The van der Waals surface area contributed by atoms with Crippen LogP contribution in [0.25, 0.3) is 0 Å². The van der Waals surface area contributed by atoms with Gasteiger partial charge in [0.1, 0.15) is 5.82 Å². The molecule has 4 rings (SSSR count). The minimum absolute atomic E-state index is 0.0347. The SMILES string of the molecule is Cc1cnn(C2CCCc3ccccc32)c1NC(=O)CCSCc1ccccn1. The molecule has 1 aromatic carbocycles. The summed E-state index contributed by atoms with van der Waals surface area (Å²) < 4.78 is 2.01. The number of hydrogen-bond acceptors (Lipinski definition) is 4. The number of hydrogen-bond donors (Lipinski definition) is 1. The van der Waals surface area contributed by atoms with Crippen molar-refractivity contribution in [3.8, 4) is 0 Å². The van der Waals surface area contributed by atoms with Crippen molar-refractivity contribution in [1.29, 1.82) is 0 Å². The van der Waals surface area contributed by atoms with Gasteiger partial charge in [-0.3, -0.25) is 9.78 Å². The number of amides is 1. The maximum Gasteiger partial charge on any atom is 0.226 e. The molecule has 1 atom stereocenters. The molecule has 1 aliphatic carbocycles. The number of thioether (sulfide) groups is 1. The summed E-state index contributed by atoms with van der Waals surface area (Å²) in [5.74, 6) is 2.45. The molecule has 0 saturated carbocycles. The van der Waals surface area contributed by atoms with E-state index in [9.17, 15) is 4.79 Å². The predicted octanol–water partition coefficient (Wildman–Crippen LogP) is 4.77. The summed E-state index contributed by atoms with van der Waals surface area (Å²) in [5, 5.41) is 7.73. The Balaban J connectivity index is 1.39. The maximum absolute atomic E-state index is 12.6. The van der Waals surface area contributed by atoms with Crippen LogP contribution in [0.15, 0.2) is 54.9 Å². The Morgan fingerprint density at radius 2 is 2.10 bits per heavy atom. The first-order valence-electron chi connectivity index (χ1n) is 10.1. The summed E-state index contributed by atoms with van der Waals surface area (Å²) in [7, 11) is 0. The Morgan fingerprint density at radius 3 is 2.97 bits per heavy atom. The Labute approximate surface area is 175 Å². The number of aromatic nitrogens is 3. The van der Waals surface area contributed by atoms with Gasteiger partial charge in [-0.1, -0.05) is 30.3 Å². The van der Waals surface area contributed by atoms with Crippen LogP contribution < -0.4 is 5.32 Å². The van der Waals surface area contributed by atoms with Gasteiger partial charge in [0.05, 0.1) is 17.9 Å². The minimum Gasteiger partial charge on any atom is -0.311 e. The maximum atomic E-state index is 12.6. The second kappa shape index (κ2) is 9.27. The molecular formula is C23H26N4OS. The van der Waals surface area contributed by atoms with Crippen molar-refractivity contribution in [3.63, 3.8) is 0 Å². The average Bonchev–Trinajstić information content (AvgIpc) is 3.11.